The molecule has 0 radical (unpaired) electrons. The van der Waals surface area contributed by atoms with E-state index in [1.165, 1.54) is 29.1 Å². The van der Waals surface area contributed by atoms with Gasteiger partial charge in [0, 0.05) is 11.6 Å². The second kappa shape index (κ2) is 4.97. The van der Waals surface area contributed by atoms with Crippen LogP contribution in [0.2, 0.25) is 0 Å². The number of hydrogen-bond acceptors (Lipinski definition) is 2. The van der Waals surface area contributed by atoms with Crippen molar-refractivity contribution in [2.75, 3.05) is 5.73 Å². The predicted octanol–water partition coefficient (Wildman–Crippen LogP) is 3.54. The molecule has 0 aliphatic heterocycles. The molecule has 0 saturated heterocycles. The van der Waals surface area contributed by atoms with Gasteiger partial charge >= 0.3 is 0 Å². The lowest BCUT2D eigenvalue weighted by atomic mass is 10.1. The van der Waals surface area contributed by atoms with Gasteiger partial charge in [0.2, 0.25) is 0 Å². The van der Waals surface area contributed by atoms with Gasteiger partial charge in [-0.3, -0.25) is 0 Å². The van der Waals surface area contributed by atoms with E-state index in [1.54, 1.807) is 12.1 Å². The lowest BCUT2D eigenvalue weighted by Gasteiger charge is -2.02. The van der Waals surface area contributed by atoms with Gasteiger partial charge in [-0.15, -0.1) is 0 Å². The molecule has 1 aromatic heterocycles. The SMILES string of the molecule is Nc1cn(-c2ccccc2F)nc1-c1ccc(F)cc1F. The molecule has 106 valence electrons. The van der Waals surface area contributed by atoms with Crippen molar-refractivity contribution in [3.63, 3.8) is 0 Å². The Labute approximate surface area is 118 Å². The average Bonchev–Trinajstić information content (AvgIpc) is 2.81. The molecule has 0 bridgehead atoms. The molecule has 0 atom stereocenters. The van der Waals surface area contributed by atoms with E-state index < -0.39 is 17.5 Å². The summed E-state index contributed by atoms with van der Waals surface area (Å²) in [4.78, 5) is 0. The van der Waals surface area contributed by atoms with Gasteiger partial charge in [0.25, 0.3) is 0 Å². The largest absolute Gasteiger partial charge is 0.396 e. The maximum Gasteiger partial charge on any atom is 0.148 e. The highest BCUT2D eigenvalue weighted by atomic mass is 19.1. The Morgan fingerprint density at radius 2 is 1.71 bits per heavy atom. The third kappa shape index (κ3) is 2.35. The monoisotopic (exact) mass is 289 g/mol. The first kappa shape index (κ1) is 13.2. The van der Waals surface area contributed by atoms with E-state index in [4.69, 9.17) is 5.73 Å². The lowest BCUT2D eigenvalue weighted by molar-refractivity contribution is 0.585. The number of hydrogen-bond donors (Lipinski definition) is 1. The summed E-state index contributed by atoms with van der Waals surface area (Å²) in [5, 5.41) is 4.09. The van der Waals surface area contributed by atoms with Gasteiger partial charge in [-0.05, 0) is 24.3 Å². The Kier molecular flexibility index (Phi) is 3.13. The Balaban J connectivity index is 2.12. The third-order valence-corrected chi connectivity index (χ3v) is 3.03. The first-order valence-electron chi connectivity index (χ1n) is 6.12. The molecule has 6 heteroatoms. The number of benzene rings is 2. The van der Waals surface area contributed by atoms with Gasteiger partial charge in [0.05, 0.1) is 11.9 Å². The fraction of sp³-hybridized carbons (Fsp3) is 0. The van der Waals surface area contributed by atoms with Crippen LogP contribution in [0, 0.1) is 17.5 Å². The zero-order valence-electron chi connectivity index (χ0n) is 10.7. The molecule has 0 aliphatic carbocycles. The molecule has 3 nitrogen and oxygen atoms in total. The van der Waals surface area contributed by atoms with Gasteiger partial charge in [-0.1, -0.05) is 12.1 Å². The van der Waals surface area contributed by atoms with E-state index in [2.05, 4.69) is 5.10 Å². The quantitative estimate of drug-likeness (QED) is 0.784. The molecule has 1 heterocycles. The number of halogens is 3. The van der Waals surface area contributed by atoms with Crippen molar-refractivity contribution in [2.24, 2.45) is 0 Å². The van der Waals surface area contributed by atoms with E-state index in [-0.39, 0.29) is 22.6 Å². The van der Waals surface area contributed by atoms with Crippen LogP contribution in [0.5, 0.6) is 0 Å². The number of anilines is 1. The van der Waals surface area contributed by atoms with E-state index >= 15 is 0 Å². The number of aromatic nitrogens is 2. The number of nitrogen functional groups attached to an aromatic ring is 1. The molecular formula is C15H10F3N3. The zero-order valence-corrected chi connectivity index (χ0v) is 10.7. The van der Waals surface area contributed by atoms with E-state index in [0.717, 1.165) is 12.1 Å². The molecular weight excluding hydrogens is 279 g/mol. The number of nitrogens with zero attached hydrogens (tertiary/aromatic N) is 2. The Bertz CT molecular complexity index is 812. The number of nitrogens with two attached hydrogens (primary N) is 1. The van der Waals surface area contributed by atoms with E-state index in [0.29, 0.717) is 0 Å². The van der Waals surface area contributed by atoms with Gasteiger partial charge in [-0.25, -0.2) is 17.9 Å². The summed E-state index contributed by atoms with van der Waals surface area (Å²) in [7, 11) is 0. The van der Waals surface area contributed by atoms with Crippen LogP contribution in [0.1, 0.15) is 0 Å². The number of para-hydroxylation sites is 1. The van der Waals surface area contributed by atoms with Crippen LogP contribution in [0.15, 0.2) is 48.7 Å². The van der Waals surface area contributed by atoms with Crippen molar-refractivity contribution in [1.29, 1.82) is 0 Å². The summed E-state index contributed by atoms with van der Waals surface area (Å²) in [5.74, 6) is -1.95. The van der Waals surface area contributed by atoms with Crippen molar-refractivity contribution in [3.8, 4) is 16.9 Å². The predicted molar refractivity (Wildman–Crippen MR) is 73.3 cm³/mol. The zero-order chi connectivity index (χ0) is 15.0. The highest BCUT2D eigenvalue weighted by Crippen LogP contribution is 2.28. The molecule has 0 amide bonds. The standard InChI is InChI=1S/C15H10F3N3/c16-9-5-6-10(12(18)7-9)15-13(19)8-21(20-15)14-4-2-1-3-11(14)17/h1-8H,19H2. The van der Waals surface area contributed by atoms with Gasteiger partial charge in [0.15, 0.2) is 0 Å². The first-order valence-corrected chi connectivity index (χ1v) is 6.12. The summed E-state index contributed by atoms with van der Waals surface area (Å²) in [5.41, 5.74) is 6.36. The summed E-state index contributed by atoms with van der Waals surface area (Å²) in [6.45, 7) is 0. The number of rotatable bonds is 2. The molecule has 3 aromatic rings. The molecule has 0 fully saturated rings. The fourth-order valence-electron chi connectivity index (χ4n) is 2.04. The van der Waals surface area contributed by atoms with Crippen LogP contribution < -0.4 is 5.73 Å². The molecule has 0 unspecified atom stereocenters. The Morgan fingerprint density at radius 3 is 2.43 bits per heavy atom. The molecule has 0 saturated carbocycles. The van der Waals surface area contributed by atoms with Gasteiger partial charge in [-0.2, -0.15) is 5.10 Å². The minimum atomic E-state index is -0.777. The molecule has 2 N–H and O–H groups in total. The van der Waals surface area contributed by atoms with E-state index in [1.807, 2.05) is 0 Å². The first-order chi connectivity index (χ1) is 10.1. The van der Waals surface area contributed by atoms with E-state index in [9.17, 15) is 13.2 Å². The van der Waals surface area contributed by atoms with Crippen molar-refractivity contribution in [1.82, 2.24) is 9.78 Å². The minimum Gasteiger partial charge on any atom is -0.396 e. The summed E-state index contributed by atoms with van der Waals surface area (Å²) >= 11 is 0. The second-order valence-corrected chi connectivity index (χ2v) is 4.45. The topological polar surface area (TPSA) is 43.8 Å². The smallest absolute Gasteiger partial charge is 0.148 e. The molecule has 0 aliphatic rings. The summed E-state index contributed by atoms with van der Waals surface area (Å²) in [6, 6.07) is 9.10. The van der Waals surface area contributed by atoms with Crippen LogP contribution in [0.25, 0.3) is 16.9 Å². The van der Waals surface area contributed by atoms with Crippen LogP contribution in [0.4, 0.5) is 18.9 Å². The maximum atomic E-state index is 13.8. The molecule has 21 heavy (non-hydrogen) atoms. The Hall–Kier alpha value is -2.76. The minimum absolute atomic E-state index is 0.0592. The fourth-order valence-corrected chi connectivity index (χ4v) is 2.04. The summed E-state index contributed by atoms with van der Waals surface area (Å²) in [6.07, 6.45) is 1.39. The average molecular weight is 289 g/mol. The van der Waals surface area contributed by atoms with Crippen LogP contribution in [-0.2, 0) is 0 Å². The van der Waals surface area contributed by atoms with Crippen molar-refractivity contribution in [3.05, 3.63) is 66.1 Å². The van der Waals surface area contributed by atoms with Crippen LogP contribution in [-0.4, -0.2) is 9.78 Å². The second-order valence-electron chi connectivity index (χ2n) is 4.45. The van der Waals surface area contributed by atoms with Gasteiger partial charge < -0.3 is 5.73 Å². The molecule has 3 rings (SSSR count). The van der Waals surface area contributed by atoms with Gasteiger partial charge in [0.1, 0.15) is 28.8 Å². The summed E-state index contributed by atoms with van der Waals surface area (Å²) < 4.78 is 41.7. The third-order valence-electron chi connectivity index (χ3n) is 3.03. The normalized spacial score (nSPS) is 10.8. The van der Waals surface area contributed by atoms with Crippen molar-refractivity contribution in [2.45, 2.75) is 0 Å². The highest BCUT2D eigenvalue weighted by molar-refractivity contribution is 5.72. The van der Waals surface area contributed by atoms with Crippen molar-refractivity contribution >= 4 is 5.69 Å². The highest BCUT2D eigenvalue weighted by Gasteiger charge is 2.15. The maximum absolute atomic E-state index is 13.8. The van der Waals surface area contributed by atoms with Crippen LogP contribution in [0.3, 0.4) is 0 Å². The Morgan fingerprint density at radius 1 is 0.952 bits per heavy atom. The van der Waals surface area contributed by atoms with Crippen molar-refractivity contribution < 1.29 is 13.2 Å². The lowest BCUT2D eigenvalue weighted by Crippen LogP contribution is -1.98. The molecule has 0 spiro atoms. The van der Waals surface area contributed by atoms with Crippen LogP contribution >= 0.6 is 0 Å². The molecule has 2 aromatic carbocycles.